The highest BCUT2D eigenvalue weighted by atomic mass is 32.2. The van der Waals surface area contributed by atoms with Crippen LogP contribution in [0.15, 0.2) is 35.2 Å². The van der Waals surface area contributed by atoms with E-state index in [9.17, 15) is 4.79 Å². The minimum absolute atomic E-state index is 0.0190. The number of hydrogen-bond acceptors (Lipinski definition) is 5. The highest BCUT2D eigenvalue weighted by molar-refractivity contribution is 7.99. The largest absolute Gasteiger partial charge is 0.369 e. The number of thioether (sulfide) groups is 1. The van der Waals surface area contributed by atoms with Crippen molar-refractivity contribution in [3.05, 3.63) is 51.2 Å². The highest BCUT2D eigenvalue weighted by Gasteiger charge is 2.41. The molecule has 2 aliphatic heterocycles. The van der Waals surface area contributed by atoms with Gasteiger partial charge >= 0.3 is 0 Å². The van der Waals surface area contributed by atoms with Crippen LogP contribution >= 0.6 is 23.1 Å². The summed E-state index contributed by atoms with van der Waals surface area (Å²) >= 11 is 3.45. The molecule has 1 aromatic carbocycles. The van der Waals surface area contributed by atoms with Crippen molar-refractivity contribution >= 4 is 29.0 Å². The molecular formula is C21H26N2O2S2. The van der Waals surface area contributed by atoms with Crippen LogP contribution in [0.3, 0.4) is 0 Å². The van der Waals surface area contributed by atoms with E-state index in [2.05, 4.69) is 47.9 Å². The van der Waals surface area contributed by atoms with Crippen molar-refractivity contribution in [2.45, 2.75) is 43.2 Å². The third kappa shape index (κ3) is 4.09. The number of piperidine rings is 1. The number of benzene rings is 1. The van der Waals surface area contributed by atoms with Gasteiger partial charge in [-0.3, -0.25) is 4.79 Å². The SMILES string of the molecule is CCSc1ccc(CNC(=O)c2cc3c(s2)C2(CCNCC2)OCC3)cc1. The van der Waals surface area contributed by atoms with Crippen LogP contribution in [0.25, 0.3) is 0 Å². The normalized spacial score (nSPS) is 18.3. The Labute approximate surface area is 169 Å². The van der Waals surface area contributed by atoms with Gasteiger partial charge in [0.25, 0.3) is 5.91 Å². The predicted octanol–water partition coefficient (Wildman–Crippen LogP) is 3.94. The molecule has 4 rings (SSSR count). The van der Waals surface area contributed by atoms with Crippen LogP contribution < -0.4 is 10.6 Å². The van der Waals surface area contributed by atoms with Gasteiger partial charge in [0.2, 0.25) is 0 Å². The first kappa shape index (κ1) is 19.0. The fourth-order valence-corrected chi connectivity index (χ4v) is 5.86. The minimum Gasteiger partial charge on any atom is -0.369 e. The standard InChI is InChI=1S/C21H26N2O2S2/c1-2-26-17-5-3-15(4-6-17)14-23-20(24)18-13-16-7-12-25-21(19(16)27-18)8-10-22-11-9-21/h3-6,13,22H,2,7-12,14H2,1H3,(H,23,24). The topological polar surface area (TPSA) is 50.4 Å². The summed E-state index contributed by atoms with van der Waals surface area (Å²) in [5.74, 6) is 1.09. The van der Waals surface area contributed by atoms with E-state index in [1.165, 1.54) is 15.3 Å². The third-order valence-corrected chi connectivity index (χ3v) is 7.55. The fourth-order valence-electron chi connectivity index (χ4n) is 3.88. The predicted molar refractivity (Wildman–Crippen MR) is 112 cm³/mol. The summed E-state index contributed by atoms with van der Waals surface area (Å²) in [6, 6.07) is 10.5. The molecule has 6 heteroatoms. The van der Waals surface area contributed by atoms with Gasteiger partial charge in [-0.05, 0) is 67.4 Å². The summed E-state index contributed by atoms with van der Waals surface area (Å²) in [7, 11) is 0. The number of hydrogen-bond donors (Lipinski definition) is 2. The maximum absolute atomic E-state index is 12.7. The Morgan fingerprint density at radius 2 is 2.07 bits per heavy atom. The van der Waals surface area contributed by atoms with E-state index in [0.717, 1.165) is 55.2 Å². The average Bonchev–Trinajstić information content (AvgIpc) is 3.14. The first-order valence-electron chi connectivity index (χ1n) is 9.68. The minimum atomic E-state index is -0.172. The van der Waals surface area contributed by atoms with Crippen LogP contribution in [0.5, 0.6) is 0 Å². The van der Waals surface area contributed by atoms with Crippen molar-refractivity contribution in [2.24, 2.45) is 0 Å². The molecule has 1 saturated heterocycles. The lowest BCUT2D eigenvalue weighted by Crippen LogP contribution is -2.43. The molecule has 27 heavy (non-hydrogen) atoms. The zero-order valence-electron chi connectivity index (χ0n) is 15.7. The molecule has 0 bridgehead atoms. The van der Waals surface area contributed by atoms with Crippen molar-refractivity contribution < 1.29 is 9.53 Å². The second-order valence-electron chi connectivity index (χ2n) is 7.07. The van der Waals surface area contributed by atoms with Gasteiger partial charge in [0.15, 0.2) is 0 Å². The van der Waals surface area contributed by atoms with Crippen LogP contribution in [0.2, 0.25) is 0 Å². The van der Waals surface area contributed by atoms with E-state index in [1.54, 1.807) is 11.3 Å². The number of fused-ring (bicyclic) bond motifs is 2. The molecule has 1 aromatic heterocycles. The smallest absolute Gasteiger partial charge is 0.261 e. The Bertz CT molecular complexity index is 795. The molecular weight excluding hydrogens is 376 g/mol. The van der Waals surface area contributed by atoms with Crippen LogP contribution in [-0.2, 0) is 23.3 Å². The Morgan fingerprint density at radius 3 is 2.81 bits per heavy atom. The molecule has 2 N–H and O–H groups in total. The Kier molecular flexibility index (Phi) is 5.88. The van der Waals surface area contributed by atoms with E-state index in [1.807, 2.05) is 11.8 Å². The molecule has 1 fully saturated rings. The van der Waals surface area contributed by atoms with Crippen molar-refractivity contribution in [3.63, 3.8) is 0 Å². The summed E-state index contributed by atoms with van der Waals surface area (Å²) in [5, 5.41) is 6.49. The molecule has 0 atom stereocenters. The molecule has 2 aromatic rings. The van der Waals surface area contributed by atoms with Crippen LogP contribution in [-0.4, -0.2) is 31.4 Å². The molecule has 4 nitrogen and oxygen atoms in total. The molecule has 1 spiro atoms. The number of carbonyl (C=O) groups is 1. The Balaban J connectivity index is 1.44. The summed E-state index contributed by atoms with van der Waals surface area (Å²) in [6.45, 7) is 5.42. The van der Waals surface area contributed by atoms with Gasteiger partial charge in [-0.2, -0.15) is 0 Å². The van der Waals surface area contributed by atoms with Gasteiger partial charge in [0.1, 0.15) is 5.60 Å². The number of thiophene rings is 1. The summed E-state index contributed by atoms with van der Waals surface area (Å²) < 4.78 is 6.22. The third-order valence-electron chi connectivity index (χ3n) is 5.30. The maximum Gasteiger partial charge on any atom is 0.261 e. The number of amides is 1. The zero-order valence-corrected chi connectivity index (χ0v) is 17.3. The molecule has 0 unspecified atom stereocenters. The van der Waals surface area contributed by atoms with Gasteiger partial charge in [-0.1, -0.05) is 19.1 Å². The van der Waals surface area contributed by atoms with Crippen LogP contribution in [0, 0.1) is 0 Å². The van der Waals surface area contributed by atoms with E-state index >= 15 is 0 Å². The van der Waals surface area contributed by atoms with E-state index in [-0.39, 0.29) is 11.5 Å². The lowest BCUT2D eigenvalue weighted by Gasteiger charge is -2.40. The summed E-state index contributed by atoms with van der Waals surface area (Å²) in [5.41, 5.74) is 2.26. The van der Waals surface area contributed by atoms with Gasteiger partial charge in [-0.15, -0.1) is 23.1 Å². The Morgan fingerprint density at radius 1 is 1.30 bits per heavy atom. The van der Waals surface area contributed by atoms with Crippen molar-refractivity contribution in [3.8, 4) is 0 Å². The molecule has 0 saturated carbocycles. The monoisotopic (exact) mass is 402 g/mol. The highest BCUT2D eigenvalue weighted by Crippen LogP contribution is 2.44. The second kappa shape index (κ2) is 8.35. The lowest BCUT2D eigenvalue weighted by atomic mass is 9.86. The number of carbonyl (C=O) groups excluding carboxylic acids is 1. The second-order valence-corrected chi connectivity index (χ2v) is 9.46. The van der Waals surface area contributed by atoms with Gasteiger partial charge in [-0.25, -0.2) is 0 Å². The number of rotatable bonds is 5. The van der Waals surface area contributed by atoms with Gasteiger partial charge in [0, 0.05) is 16.3 Å². The van der Waals surface area contributed by atoms with Gasteiger partial charge < -0.3 is 15.4 Å². The number of ether oxygens (including phenoxy) is 1. The summed E-state index contributed by atoms with van der Waals surface area (Å²) in [6.07, 6.45) is 2.89. The van der Waals surface area contributed by atoms with Crippen LogP contribution in [0.1, 0.15) is 45.4 Å². The average molecular weight is 403 g/mol. The van der Waals surface area contributed by atoms with Gasteiger partial charge in [0.05, 0.1) is 11.5 Å². The first-order chi connectivity index (χ1) is 13.2. The molecule has 3 heterocycles. The quantitative estimate of drug-likeness (QED) is 0.744. The Hall–Kier alpha value is -1.34. The first-order valence-corrected chi connectivity index (χ1v) is 11.5. The molecule has 0 aliphatic carbocycles. The lowest BCUT2D eigenvalue weighted by molar-refractivity contribution is -0.0771. The molecule has 144 valence electrons. The van der Waals surface area contributed by atoms with E-state index in [0.29, 0.717) is 6.54 Å². The van der Waals surface area contributed by atoms with Crippen molar-refractivity contribution in [2.75, 3.05) is 25.4 Å². The maximum atomic E-state index is 12.7. The van der Waals surface area contributed by atoms with E-state index in [4.69, 9.17) is 4.74 Å². The molecule has 0 radical (unpaired) electrons. The fraction of sp³-hybridized carbons (Fsp3) is 0.476. The van der Waals surface area contributed by atoms with Crippen LogP contribution in [0.4, 0.5) is 0 Å². The van der Waals surface area contributed by atoms with E-state index < -0.39 is 0 Å². The van der Waals surface area contributed by atoms with Crippen molar-refractivity contribution in [1.82, 2.24) is 10.6 Å². The van der Waals surface area contributed by atoms with Crippen molar-refractivity contribution in [1.29, 1.82) is 0 Å². The zero-order chi connectivity index (χ0) is 18.7. The molecule has 1 amide bonds. The molecule has 2 aliphatic rings. The summed E-state index contributed by atoms with van der Waals surface area (Å²) in [4.78, 5) is 16.1. The number of nitrogens with one attached hydrogen (secondary N) is 2.